The Bertz CT molecular complexity index is 725. The summed E-state index contributed by atoms with van der Waals surface area (Å²) in [6.45, 7) is 3.61. The summed E-state index contributed by atoms with van der Waals surface area (Å²) in [4.78, 5) is 25.6. The van der Waals surface area contributed by atoms with Crippen molar-refractivity contribution in [2.24, 2.45) is 11.1 Å². The highest BCUT2D eigenvalue weighted by Crippen LogP contribution is 2.18. The van der Waals surface area contributed by atoms with Crippen LogP contribution in [0.3, 0.4) is 0 Å². The molecule has 26 heavy (non-hydrogen) atoms. The van der Waals surface area contributed by atoms with Gasteiger partial charge >= 0.3 is 6.09 Å². The standard InChI is InChI=1S/C17H25N3O5S/c1-2-25-17(22)20-11-8-14(9-12-20)16(21)19-10-7-13-3-5-15(6-4-13)26(18,23)24/h3-6,14H,2,7-12H2,1H3,(H,19,21)(H2,18,23,24). The zero-order valence-electron chi connectivity index (χ0n) is 14.8. The summed E-state index contributed by atoms with van der Waals surface area (Å²) in [5, 5.41) is 7.96. The quantitative estimate of drug-likeness (QED) is 0.755. The molecule has 0 bridgehead atoms. The number of primary sulfonamides is 1. The van der Waals surface area contributed by atoms with E-state index in [1.54, 1.807) is 24.0 Å². The van der Waals surface area contributed by atoms with Crippen LogP contribution in [-0.2, 0) is 26.0 Å². The minimum absolute atomic E-state index is 0.0188. The van der Waals surface area contributed by atoms with Crippen molar-refractivity contribution in [3.63, 3.8) is 0 Å². The summed E-state index contributed by atoms with van der Waals surface area (Å²) in [6.07, 6.45) is 1.51. The Kier molecular flexibility index (Phi) is 6.98. The Balaban J connectivity index is 1.73. The van der Waals surface area contributed by atoms with Gasteiger partial charge in [-0.05, 0) is 43.9 Å². The second-order valence-corrected chi connectivity index (χ2v) is 7.75. The zero-order chi connectivity index (χ0) is 19.2. The number of amides is 2. The summed E-state index contributed by atoms with van der Waals surface area (Å²) in [6, 6.07) is 6.28. The van der Waals surface area contributed by atoms with Crippen molar-refractivity contribution in [3.05, 3.63) is 29.8 Å². The Hall–Kier alpha value is -2.13. The fourth-order valence-corrected chi connectivity index (χ4v) is 3.37. The van der Waals surface area contributed by atoms with Crippen LogP contribution in [-0.4, -0.2) is 51.6 Å². The summed E-state index contributed by atoms with van der Waals surface area (Å²) in [5.41, 5.74) is 0.912. The molecule has 2 rings (SSSR count). The van der Waals surface area contributed by atoms with Gasteiger partial charge in [-0.25, -0.2) is 18.4 Å². The molecule has 1 heterocycles. The van der Waals surface area contributed by atoms with E-state index in [-0.39, 0.29) is 22.8 Å². The van der Waals surface area contributed by atoms with Gasteiger partial charge in [0.15, 0.2) is 0 Å². The fraction of sp³-hybridized carbons (Fsp3) is 0.529. The van der Waals surface area contributed by atoms with Crippen LogP contribution in [0.1, 0.15) is 25.3 Å². The molecule has 2 amide bonds. The molecule has 1 aromatic carbocycles. The molecule has 9 heteroatoms. The summed E-state index contributed by atoms with van der Waals surface area (Å²) in [5.74, 6) is -0.125. The average molecular weight is 383 g/mol. The number of hydrogen-bond donors (Lipinski definition) is 2. The maximum atomic E-state index is 12.2. The van der Waals surface area contributed by atoms with E-state index in [1.165, 1.54) is 12.1 Å². The van der Waals surface area contributed by atoms with Gasteiger partial charge in [-0.1, -0.05) is 12.1 Å². The molecule has 144 valence electrons. The van der Waals surface area contributed by atoms with Crippen LogP contribution in [0.25, 0.3) is 0 Å². The number of benzene rings is 1. The molecule has 0 aliphatic carbocycles. The summed E-state index contributed by atoms with van der Waals surface area (Å²) in [7, 11) is -3.69. The second-order valence-electron chi connectivity index (χ2n) is 6.19. The van der Waals surface area contributed by atoms with E-state index in [4.69, 9.17) is 9.88 Å². The molecular formula is C17H25N3O5S. The third-order valence-corrected chi connectivity index (χ3v) is 5.29. The number of carbonyl (C=O) groups is 2. The number of piperidine rings is 1. The van der Waals surface area contributed by atoms with Crippen LogP contribution in [0.4, 0.5) is 4.79 Å². The van der Waals surface area contributed by atoms with Gasteiger partial charge < -0.3 is 15.0 Å². The minimum atomic E-state index is -3.69. The predicted molar refractivity (Wildman–Crippen MR) is 95.8 cm³/mol. The lowest BCUT2D eigenvalue weighted by Gasteiger charge is -2.30. The van der Waals surface area contributed by atoms with Gasteiger partial charge in [-0.15, -0.1) is 0 Å². The number of carbonyl (C=O) groups excluding carboxylic acids is 2. The van der Waals surface area contributed by atoms with E-state index in [1.807, 2.05) is 0 Å². The molecule has 0 atom stereocenters. The molecule has 1 saturated heterocycles. The van der Waals surface area contributed by atoms with Gasteiger partial charge in [0.25, 0.3) is 0 Å². The van der Waals surface area contributed by atoms with E-state index < -0.39 is 10.0 Å². The lowest BCUT2D eigenvalue weighted by Crippen LogP contribution is -2.43. The first-order chi connectivity index (χ1) is 12.3. The first-order valence-electron chi connectivity index (χ1n) is 8.62. The Morgan fingerprint density at radius 2 is 1.85 bits per heavy atom. The van der Waals surface area contributed by atoms with Crippen molar-refractivity contribution in [3.8, 4) is 0 Å². The van der Waals surface area contributed by atoms with Gasteiger partial charge in [-0.2, -0.15) is 0 Å². The molecule has 0 saturated carbocycles. The largest absolute Gasteiger partial charge is 0.450 e. The van der Waals surface area contributed by atoms with Crippen molar-refractivity contribution in [1.29, 1.82) is 0 Å². The molecule has 1 aromatic rings. The zero-order valence-corrected chi connectivity index (χ0v) is 15.6. The van der Waals surface area contributed by atoms with E-state index in [9.17, 15) is 18.0 Å². The number of likely N-dealkylation sites (tertiary alicyclic amines) is 1. The highest BCUT2D eigenvalue weighted by molar-refractivity contribution is 7.89. The van der Waals surface area contributed by atoms with Gasteiger partial charge in [0.2, 0.25) is 15.9 Å². The molecule has 1 aliphatic rings. The van der Waals surface area contributed by atoms with Gasteiger partial charge in [0.1, 0.15) is 0 Å². The maximum absolute atomic E-state index is 12.2. The first-order valence-corrected chi connectivity index (χ1v) is 10.2. The fourth-order valence-electron chi connectivity index (χ4n) is 2.86. The van der Waals surface area contributed by atoms with E-state index in [0.717, 1.165) is 5.56 Å². The molecule has 0 radical (unpaired) electrons. The molecule has 1 aliphatic heterocycles. The first kappa shape index (κ1) is 20.2. The second kappa shape index (κ2) is 9.00. The normalized spacial score (nSPS) is 15.5. The molecule has 8 nitrogen and oxygen atoms in total. The van der Waals surface area contributed by atoms with E-state index in [0.29, 0.717) is 45.5 Å². The van der Waals surface area contributed by atoms with Crippen molar-refractivity contribution >= 4 is 22.0 Å². The smallest absolute Gasteiger partial charge is 0.409 e. The van der Waals surface area contributed by atoms with Crippen molar-refractivity contribution in [2.45, 2.75) is 31.1 Å². The third kappa shape index (κ3) is 5.70. The number of nitrogens with zero attached hydrogens (tertiary/aromatic N) is 1. The number of hydrogen-bond acceptors (Lipinski definition) is 5. The lowest BCUT2D eigenvalue weighted by atomic mass is 9.96. The highest BCUT2D eigenvalue weighted by atomic mass is 32.2. The Morgan fingerprint density at radius 1 is 1.23 bits per heavy atom. The summed E-state index contributed by atoms with van der Waals surface area (Å²) < 4.78 is 27.4. The molecule has 1 fully saturated rings. The minimum Gasteiger partial charge on any atom is -0.450 e. The molecule has 3 N–H and O–H groups in total. The maximum Gasteiger partial charge on any atom is 0.409 e. The number of ether oxygens (including phenoxy) is 1. The molecule has 0 unspecified atom stereocenters. The SMILES string of the molecule is CCOC(=O)N1CCC(C(=O)NCCc2ccc(S(N)(=O)=O)cc2)CC1. The van der Waals surface area contributed by atoms with Crippen LogP contribution in [0.5, 0.6) is 0 Å². The monoisotopic (exact) mass is 383 g/mol. The van der Waals surface area contributed by atoms with Crippen LogP contribution in [0.15, 0.2) is 29.2 Å². The molecular weight excluding hydrogens is 358 g/mol. The van der Waals surface area contributed by atoms with Gasteiger partial charge in [0.05, 0.1) is 11.5 Å². The third-order valence-electron chi connectivity index (χ3n) is 4.36. The highest BCUT2D eigenvalue weighted by Gasteiger charge is 2.27. The lowest BCUT2D eigenvalue weighted by molar-refractivity contribution is -0.126. The van der Waals surface area contributed by atoms with Crippen molar-refractivity contribution < 1.29 is 22.7 Å². The van der Waals surface area contributed by atoms with Crippen molar-refractivity contribution in [1.82, 2.24) is 10.2 Å². The van der Waals surface area contributed by atoms with Crippen LogP contribution >= 0.6 is 0 Å². The van der Waals surface area contributed by atoms with E-state index in [2.05, 4.69) is 5.32 Å². The number of sulfonamides is 1. The average Bonchev–Trinajstić information content (AvgIpc) is 2.61. The Morgan fingerprint density at radius 3 is 2.38 bits per heavy atom. The summed E-state index contributed by atoms with van der Waals surface area (Å²) >= 11 is 0. The van der Waals surface area contributed by atoms with Crippen LogP contribution < -0.4 is 10.5 Å². The number of nitrogens with one attached hydrogen (secondary N) is 1. The van der Waals surface area contributed by atoms with Crippen LogP contribution in [0.2, 0.25) is 0 Å². The molecule has 0 aromatic heterocycles. The Labute approximate surface area is 153 Å². The number of nitrogens with two attached hydrogens (primary N) is 1. The number of rotatable bonds is 6. The van der Waals surface area contributed by atoms with Crippen molar-refractivity contribution in [2.75, 3.05) is 26.2 Å². The van der Waals surface area contributed by atoms with Gasteiger partial charge in [0, 0.05) is 25.6 Å². The predicted octanol–water partition coefficient (Wildman–Crippen LogP) is 0.861. The van der Waals surface area contributed by atoms with Crippen LogP contribution in [0, 0.1) is 5.92 Å². The molecule has 0 spiro atoms. The topological polar surface area (TPSA) is 119 Å². The van der Waals surface area contributed by atoms with E-state index >= 15 is 0 Å². The van der Waals surface area contributed by atoms with Gasteiger partial charge in [-0.3, -0.25) is 4.79 Å².